The number of amides is 2. The molecule has 0 saturated carbocycles. The molecule has 0 spiro atoms. The number of hydrogen-bond acceptors (Lipinski definition) is 3. The number of carboxylic acids is 1. The van der Waals surface area contributed by atoms with Crippen LogP contribution in [0.3, 0.4) is 0 Å². The van der Waals surface area contributed by atoms with Crippen molar-refractivity contribution in [2.24, 2.45) is 0 Å². The van der Waals surface area contributed by atoms with E-state index in [1.165, 1.54) is 57.1 Å². The van der Waals surface area contributed by atoms with Crippen LogP contribution in [-0.4, -0.2) is 22.9 Å². The molecule has 0 atom stereocenters. The van der Waals surface area contributed by atoms with Gasteiger partial charge in [-0.15, -0.1) is 0 Å². The lowest BCUT2D eigenvalue weighted by molar-refractivity contribution is -0.116. The van der Waals surface area contributed by atoms with Gasteiger partial charge in [-0.25, -0.2) is 4.79 Å². The van der Waals surface area contributed by atoms with E-state index in [-0.39, 0.29) is 17.4 Å². The Hall–Kier alpha value is -3.15. The molecule has 6 nitrogen and oxygen atoms in total. The first-order valence-corrected chi connectivity index (χ1v) is 11.5. The van der Waals surface area contributed by atoms with Crippen LogP contribution in [-0.2, 0) is 4.79 Å². The standard InChI is InChI=1S/C26H34N2O4/c1-2-3-4-5-6-7-8-9-10-11-24(29)27-22-16-12-20(13-17-22)25(30)28-23-18-14-21(15-19-23)26(31)32/h12-19H,2-11H2,1H3,(H,27,29)(H,28,30)(H,31,32). The maximum atomic E-state index is 12.4. The fourth-order valence-corrected chi connectivity index (χ4v) is 3.42. The van der Waals surface area contributed by atoms with E-state index >= 15 is 0 Å². The van der Waals surface area contributed by atoms with Gasteiger partial charge in [0.05, 0.1) is 5.56 Å². The highest BCUT2D eigenvalue weighted by atomic mass is 16.4. The number of nitrogens with one attached hydrogen (secondary N) is 2. The van der Waals surface area contributed by atoms with Gasteiger partial charge in [-0.05, 0) is 55.0 Å². The summed E-state index contributed by atoms with van der Waals surface area (Å²) in [6, 6.07) is 12.7. The lowest BCUT2D eigenvalue weighted by Crippen LogP contribution is -2.13. The first kappa shape index (κ1) is 25.1. The summed E-state index contributed by atoms with van der Waals surface area (Å²) < 4.78 is 0. The van der Waals surface area contributed by atoms with Gasteiger partial charge in [-0.2, -0.15) is 0 Å². The van der Waals surface area contributed by atoms with Crippen molar-refractivity contribution in [2.75, 3.05) is 10.6 Å². The van der Waals surface area contributed by atoms with Crippen LogP contribution >= 0.6 is 0 Å². The smallest absolute Gasteiger partial charge is 0.335 e. The number of unbranched alkanes of at least 4 members (excludes halogenated alkanes) is 8. The van der Waals surface area contributed by atoms with Crippen LogP contribution in [0.5, 0.6) is 0 Å². The van der Waals surface area contributed by atoms with Gasteiger partial charge >= 0.3 is 5.97 Å². The Bertz CT molecular complexity index is 860. The molecular weight excluding hydrogens is 404 g/mol. The molecular formula is C26H34N2O4. The lowest BCUT2D eigenvalue weighted by atomic mass is 10.1. The van der Waals surface area contributed by atoms with E-state index in [1.807, 2.05) is 0 Å². The third kappa shape index (κ3) is 9.33. The molecule has 2 rings (SSSR count). The zero-order valence-corrected chi connectivity index (χ0v) is 18.9. The summed E-state index contributed by atoms with van der Waals surface area (Å²) >= 11 is 0. The van der Waals surface area contributed by atoms with Crippen LogP contribution in [0.15, 0.2) is 48.5 Å². The predicted molar refractivity (Wildman–Crippen MR) is 128 cm³/mol. The van der Waals surface area contributed by atoms with Gasteiger partial charge in [0, 0.05) is 23.4 Å². The highest BCUT2D eigenvalue weighted by Gasteiger charge is 2.08. The van der Waals surface area contributed by atoms with E-state index in [0.717, 1.165) is 12.8 Å². The third-order valence-electron chi connectivity index (χ3n) is 5.33. The maximum absolute atomic E-state index is 12.4. The Morgan fingerprint density at radius 1 is 0.656 bits per heavy atom. The number of carbonyl (C=O) groups is 3. The molecule has 0 aliphatic carbocycles. The SMILES string of the molecule is CCCCCCCCCCCC(=O)Nc1ccc(C(=O)Nc2ccc(C(=O)O)cc2)cc1. The zero-order valence-electron chi connectivity index (χ0n) is 18.9. The zero-order chi connectivity index (χ0) is 23.2. The topological polar surface area (TPSA) is 95.5 Å². The van der Waals surface area contributed by atoms with E-state index in [0.29, 0.717) is 23.4 Å². The second-order valence-corrected chi connectivity index (χ2v) is 8.04. The number of rotatable bonds is 14. The van der Waals surface area contributed by atoms with Crippen molar-refractivity contribution < 1.29 is 19.5 Å². The molecule has 0 aromatic heterocycles. The van der Waals surface area contributed by atoms with E-state index in [1.54, 1.807) is 36.4 Å². The molecule has 6 heteroatoms. The first-order valence-electron chi connectivity index (χ1n) is 11.5. The summed E-state index contributed by atoms with van der Waals surface area (Å²) in [6.07, 6.45) is 11.4. The van der Waals surface area contributed by atoms with E-state index < -0.39 is 5.97 Å². The van der Waals surface area contributed by atoms with Crippen molar-refractivity contribution in [3.8, 4) is 0 Å². The van der Waals surface area contributed by atoms with Crippen LogP contribution in [0, 0.1) is 0 Å². The molecule has 32 heavy (non-hydrogen) atoms. The third-order valence-corrected chi connectivity index (χ3v) is 5.33. The minimum Gasteiger partial charge on any atom is -0.478 e. The molecule has 0 heterocycles. The minimum atomic E-state index is -1.02. The molecule has 3 N–H and O–H groups in total. The number of carboxylic acid groups (broad SMARTS) is 1. The number of aromatic carboxylic acids is 1. The van der Waals surface area contributed by atoms with Crippen molar-refractivity contribution >= 4 is 29.2 Å². The van der Waals surface area contributed by atoms with Gasteiger partial charge in [0.15, 0.2) is 0 Å². The molecule has 2 aromatic rings. The van der Waals surface area contributed by atoms with Crippen LogP contribution in [0.2, 0.25) is 0 Å². The fourth-order valence-electron chi connectivity index (χ4n) is 3.42. The van der Waals surface area contributed by atoms with Crippen LogP contribution in [0.1, 0.15) is 91.8 Å². The van der Waals surface area contributed by atoms with Crippen molar-refractivity contribution in [3.05, 3.63) is 59.7 Å². The highest BCUT2D eigenvalue weighted by molar-refractivity contribution is 6.04. The van der Waals surface area contributed by atoms with Crippen molar-refractivity contribution in [2.45, 2.75) is 71.1 Å². The van der Waals surface area contributed by atoms with E-state index in [9.17, 15) is 14.4 Å². The average molecular weight is 439 g/mol. The summed E-state index contributed by atoms with van der Waals surface area (Å²) in [4.78, 5) is 35.4. The van der Waals surface area contributed by atoms with Gasteiger partial charge in [0.25, 0.3) is 5.91 Å². The number of carbonyl (C=O) groups excluding carboxylic acids is 2. The Morgan fingerprint density at radius 3 is 1.66 bits per heavy atom. The largest absolute Gasteiger partial charge is 0.478 e. The van der Waals surface area contributed by atoms with Gasteiger partial charge in [-0.1, -0.05) is 58.3 Å². The number of benzene rings is 2. The second kappa shape index (κ2) is 14.0. The minimum absolute atomic E-state index is 0.0105. The van der Waals surface area contributed by atoms with Crippen LogP contribution in [0.4, 0.5) is 11.4 Å². The monoisotopic (exact) mass is 438 g/mol. The summed E-state index contributed by atoms with van der Waals surface area (Å²) in [5.74, 6) is -1.33. The molecule has 0 saturated heterocycles. The molecule has 0 bridgehead atoms. The summed E-state index contributed by atoms with van der Waals surface area (Å²) in [5, 5.41) is 14.5. The normalized spacial score (nSPS) is 10.5. The molecule has 0 radical (unpaired) electrons. The number of anilines is 2. The summed E-state index contributed by atoms with van der Waals surface area (Å²) in [5.41, 5.74) is 1.78. The first-order chi connectivity index (χ1) is 15.5. The summed E-state index contributed by atoms with van der Waals surface area (Å²) in [6.45, 7) is 2.23. The van der Waals surface area contributed by atoms with E-state index in [2.05, 4.69) is 17.6 Å². The molecule has 0 aliphatic rings. The molecule has 2 aromatic carbocycles. The average Bonchev–Trinajstić information content (AvgIpc) is 2.78. The Balaban J connectivity index is 1.67. The molecule has 0 aliphatic heterocycles. The highest BCUT2D eigenvalue weighted by Crippen LogP contribution is 2.15. The summed E-state index contributed by atoms with van der Waals surface area (Å²) in [7, 11) is 0. The molecule has 0 fully saturated rings. The lowest BCUT2D eigenvalue weighted by Gasteiger charge is -2.08. The Labute approximate surface area is 190 Å². The van der Waals surface area contributed by atoms with Gasteiger partial charge < -0.3 is 15.7 Å². The number of hydrogen-bond donors (Lipinski definition) is 3. The van der Waals surface area contributed by atoms with Crippen LogP contribution < -0.4 is 10.6 Å². The second-order valence-electron chi connectivity index (χ2n) is 8.04. The quantitative estimate of drug-likeness (QED) is 0.293. The van der Waals surface area contributed by atoms with Crippen molar-refractivity contribution in [1.82, 2.24) is 0 Å². The molecule has 0 unspecified atom stereocenters. The van der Waals surface area contributed by atoms with Crippen molar-refractivity contribution in [3.63, 3.8) is 0 Å². The van der Waals surface area contributed by atoms with Gasteiger partial charge in [0.2, 0.25) is 5.91 Å². The predicted octanol–water partition coefficient (Wildman–Crippen LogP) is 6.50. The molecule has 2 amide bonds. The Morgan fingerprint density at radius 2 is 1.12 bits per heavy atom. The van der Waals surface area contributed by atoms with Gasteiger partial charge in [-0.3, -0.25) is 9.59 Å². The Kier molecular flexibility index (Phi) is 11.0. The van der Waals surface area contributed by atoms with Crippen LogP contribution in [0.25, 0.3) is 0 Å². The fraction of sp³-hybridized carbons (Fsp3) is 0.423. The maximum Gasteiger partial charge on any atom is 0.335 e. The van der Waals surface area contributed by atoms with E-state index in [4.69, 9.17) is 5.11 Å². The van der Waals surface area contributed by atoms with Crippen molar-refractivity contribution in [1.29, 1.82) is 0 Å². The molecule has 172 valence electrons. The van der Waals surface area contributed by atoms with Gasteiger partial charge in [0.1, 0.15) is 0 Å².